The third kappa shape index (κ3) is 2.22. The Labute approximate surface area is 125 Å². The van der Waals surface area contributed by atoms with E-state index >= 15 is 0 Å². The number of hydrogen-bond acceptors (Lipinski definition) is 6. The molecule has 3 heterocycles. The summed E-state index contributed by atoms with van der Waals surface area (Å²) in [4.78, 5) is 13.7. The van der Waals surface area contributed by atoms with Gasteiger partial charge in [0.25, 0.3) is 0 Å². The summed E-state index contributed by atoms with van der Waals surface area (Å²) in [6.45, 7) is 0. The molecule has 4 rings (SSSR count). The van der Waals surface area contributed by atoms with Crippen LogP contribution >= 0.6 is 11.3 Å². The van der Waals surface area contributed by atoms with Crippen LogP contribution in [0.15, 0.2) is 41.0 Å². The zero-order chi connectivity index (χ0) is 14.4. The maximum absolute atomic E-state index is 12.1. The largest absolute Gasteiger partial charge is 0.244 e. The van der Waals surface area contributed by atoms with Crippen molar-refractivity contribution in [2.24, 2.45) is 0 Å². The third-order valence-corrected chi connectivity index (χ3v) is 6.39. The molecular weight excluding hydrogens is 306 g/mol. The average molecular weight is 317 g/mol. The summed E-state index contributed by atoms with van der Waals surface area (Å²) in [5.41, 5.74) is 4.20. The SMILES string of the molecule is O=S(=O)(c1ccc(-c2ccc3ncsc3n2)cn1)C1CC1. The Balaban J connectivity index is 1.72. The molecule has 21 heavy (non-hydrogen) atoms. The highest BCUT2D eigenvalue weighted by Gasteiger charge is 2.37. The lowest BCUT2D eigenvalue weighted by Gasteiger charge is -2.04. The van der Waals surface area contributed by atoms with Gasteiger partial charge in [0.15, 0.2) is 14.9 Å². The molecule has 3 aromatic rings. The van der Waals surface area contributed by atoms with Crippen molar-refractivity contribution in [3.05, 3.63) is 36.0 Å². The molecule has 3 aromatic heterocycles. The highest BCUT2D eigenvalue weighted by Crippen LogP contribution is 2.33. The van der Waals surface area contributed by atoms with Crippen LogP contribution in [0.3, 0.4) is 0 Å². The molecule has 7 heteroatoms. The number of rotatable bonds is 3. The van der Waals surface area contributed by atoms with Gasteiger partial charge in [0, 0.05) is 11.8 Å². The number of sulfone groups is 1. The van der Waals surface area contributed by atoms with Crippen molar-refractivity contribution in [1.82, 2.24) is 15.0 Å². The van der Waals surface area contributed by atoms with Crippen molar-refractivity contribution in [3.63, 3.8) is 0 Å². The predicted molar refractivity (Wildman–Crippen MR) is 80.9 cm³/mol. The zero-order valence-electron chi connectivity index (χ0n) is 10.9. The Hall–Kier alpha value is -1.86. The predicted octanol–water partition coefficient (Wildman–Crippen LogP) is 2.69. The third-order valence-electron chi connectivity index (χ3n) is 3.48. The normalized spacial score (nSPS) is 15.4. The van der Waals surface area contributed by atoms with Crippen molar-refractivity contribution < 1.29 is 8.42 Å². The minimum absolute atomic E-state index is 0.160. The summed E-state index contributed by atoms with van der Waals surface area (Å²) in [5.74, 6) is 0. The van der Waals surface area contributed by atoms with E-state index in [-0.39, 0.29) is 10.3 Å². The second-order valence-corrected chi connectivity index (χ2v) is 8.01. The van der Waals surface area contributed by atoms with Crippen molar-refractivity contribution in [2.45, 2.75) is 23.1 Å². The fourth-order valence-corrected chi connectivity index (χ4v) is 4.38. The molecule has 0 unspecified atom stereocenters. The first-order chi connectivity index (χ1) is 10.1. The van der Waals surface area contributed by atoms with E-state index in [0.29, 0.717) is 0 Å². The van der Waals surface area contributed by atoms with Gasteiger partial charge in [0.05, 0.1) is 22.0 Å². The fourth-order valence-electron chi connectivity index (χ4n) is 2.16. The van der Waals surface area contributed by atoms with Gasteiger partial charge in [0.2, 0.25) is 0 Å². The molecule has 0 atom stereocenters. The van der Waals surface area contributed by atoms with E-state index in [9.17, 15) is 8.42 Å². The molecule has 1 aliphatic rings. The van der Waals surface area contributed by atoms with Gasteiger partial charge in [-0.1, -0.05) is 0 Å². The van der Waals surface area contributed by atoms with Crippen LogP contribution in [0.5, 0.6) is 0 Å². The van der Waals surface area contributed by atoms with Crippen LogP contribution in [0.4, 0.5) is 0 Å². The highest BCUT2D eigenvalue weighted by molar-refractivity contribution is 7.92. The van der Waals surface area contributed by atoms with Crippen LogP contribution in [0.2, 0.25) is 0 Å². The minimum atomic E-state index is -3.23. The number of fused-ring (bicyclic) bond motifs is 1. The lowest BCUT2D eigenvalue weighted by atomic mass is 10.2. The molecule has 0 aromatic carbocycles. The molecule has 0 N–H and O–H groups in total. The van der Waals surface area contributed by atoms with Gasteiger partial charge >= 0.3 is 0 Å². The summed E-state index contributed by atoms with van der Waals surface area (Å²) in [6.07, 6.45) is 3.06. The van der Waals surface area contributed by atoms with Gasteiger partial charge in [-0.15, -0.1) is 11.3 Å². The van der Waals surface area contributed by atoms with E-state index in [2.05, 4.69) is 15.0 Å². The van der Waals surface area contributed by atoms with Crippen LogP contribution in [-0.4, -0.2) is 28.6 Å². The van der Waals surface area contributed by atoms with Crippen molar-refractivity contribution in [2.75, 3.05) is 0 Å². The molecule has 1 aliphatic carbocycles. The zero-order valence-corrected chi connectivity index (χ0v) is 12.6. The average Bonchev–Trinajstić information content (AvgIpc) is 3.26. The molecule has 0 amide bonds. The van der Waals surface area contributed by atoms with Crippen LogP contribution in [-0.2, 0) is 9.84 Å². The molecule has 1 fully saturated rings. The van der Waals surface area contributed by atoms with Crippen LogP contribution in [0.25, 0.3) is 21.6 Å². The number of nitrogens with zero attached hydrogens (tertiary/aromatic N) is 3. The van der Waals surface area contributed by atoms with Crippen LogP contribution in [0, 0.1) is 0 Å². The van der Waals surface area contributed by atoms with E-state index in [4.69, 9.17) is 0 Å². The van der Waals surface area contributed by atoms with Crippen molar-refractivity contribution in [3.8, 4) is 11.3 Å². The maximum atomic E-state index is 12.1. The Morgan fingerprint density at radius 1 is 1.10 bits per heavy atom. The van der Waals surface area contributed by atoms with Crippen LogP contribution < -0.4 is 0 Å². The fraction of sp³-hybridized carbons (Fsp3) is 0.214. The summed E-state index contributed by atoms with van der Waals surface area (Å²) < 4.78 is 24.2. The maximum Gasteiger partial charge on any atom is 0.198 e. The molecule has 0 radical (unpaired) electrons. The van der Waals surface area contributed by atoms with Gasteiger partial charge in [-0.2, -0.15) is 0 Å². The number of aromatic nitrogens is 3. The molecule has 1 saturated carbocycles. The standard InChI is InChI=1S/C14H11N3O2S2/c18-21(19,10-2-3-10)13-6-1-9(7-15-13)11-4-5-12-14(17-11)20-8-16-12/h1,4-8,10H,2-3H2. The summed E-state index contributed by atoms with van der Waals surface area (Å²) in [6, 6.07) is 7.11. The Morgan fingerprint density at radius 3 is 2.67 bits per heavy atom. The second-order valence-electron chi connectivity index (χ2n) is 5.00. The van der Waals surface area contributed by atoms with E-state index in [1.165, 1.54) is 11.3 Å². The van der Waals surface area contributed by atoms with Gasteiger partial charge < -0.3 is 0 Å². The number of thiazole rings is 1. The highest BCUT2D eigenvalue weighted by atomic mass is 32.2. The minimum Gasteiger partial charge on any atom is -0.244 e. The van der Waals surface area contributed by atoms with Gasteiger partial charge in [-0.05, 0) is 37.1 Å². The van der Waals surface area contributed by atoms with Gasteiger partial charge in [-0.3, -0.25) is 0 Å². The molecular formula is C14H11N3O2S2. The summed E-state index contributed by atoms with van der Waals surface area (Å²) >= 11 is 1.48. The van der Waals surface area contributed by atoms with Crippen molar-refractivity contribution >= 4 is 31.5 Å². The molecule has 0 spiro atoms. The molecule has 106 valence electrons. The first-order valence-corrected chi connectivity index (χ1v) is 8.98. The second kappa shape index (κ2) is 4.57. The lowest BCUT2D eigenvalue weighted by molar-refractivity contribution is 0.591. The van der Waals surface area contributed by atoms with Crippen LogP contribution in [0.1, 0.15) is 12.8 Å². The van der Waals surface area contributed by atoms with E-state index in [0.717, 1.165) is 34.4 Å². The summed E-state index contributed by atoms with van der Waals surface area (Å²) in [7, 11) is -3.23. The smallest absolute Gasteiger partial charge is 0.198 e. The first kappa shape index (κ1) is 12.8. The Bertz CT molecular complexity index is 913. The number of pyridine rings is 2. The number of hydrogen-bond donors (Lipinski definition) is 0. The molecule has 0 saturated heterocycles. The Morgan fingerprint density at radius 2 is 1.95 bits per heavy atom. The van der Waals surface area contributed by atoms with Crippen molar-refractivity contribution in [1.29, 1.82) is 0 Å². The van der Waals surface area contributed by atoms with Gasteiger partial charge in [-0.25, -0.2) is 23.4 Å². The Kier molecular flexibility index (Phi) is 2.80. The molecule has 0 bridgehead atoms. The quantitative estimate of drug-likeness (QED) is 0.742. The van der Waals surface area contributed by atoms with E-state index in [1.807, 2.05) is 12.1 Å². The molecule has 0 aliphatic heterocycles. The topological polar surface area (TPSA) is 72.8 Å². The molecule has 5 nitrogen and oxygen atoms in total. The van der Waals surface area contributed by atoms with E-state index < -0.39 is 9.84 Å². The van der Waals surface area contributed by atoms with E-state index in [1.54, 1.807) is 23.8 Å². The van der Waals surface area contributed by atoms with Gasteiger partial charge in [0.1, 0.15) is 4.83 Å². The first-order valence-electron chi connectivity index (χ1n) is 6.55. The summed E-state index contributed by atoms with van der Waals surface area (Å²) in [5, 5.41) is -0.0739. The lowest BCUT2D eigenvalue weighted by Crippen LogP contribution is -2.08. The monoisotopic (exact) mass is 317 g/mol.